The highest BCUT2D eigenvalue weighted by Crippen LogP contribution is 2.51. The van der Waals surface area contributed by atoms with Gasteiger partial charge in [0.15, 0.2) is 5.84 Å². The van der Waals surface area contributed by atoms with Crippen LogP contribution in [0.5, 0.6) is 0 Å². The van der Waals surface area contributed by atoms with E-state index in [0.29, 0.717) is 5.84 Å². The highest BCUT2D eigenvalue weighted by Gasteiger charge is 2.36. The molecule has 1 aliphatic carbocycles. The van der Waals surface area contributed by atoms with Crippen LogP contribution >= 0.6 is 0 Å². The number of fused-ring (bicyclic) bond motifs is 6. The van der Waals surface area contributed by atoms with Gasteiger partial charge in [-0.1, -0.05) is 159 Å². The lowest BCUT2D eigenvalue weighted by Gasteiger charge is -2.24. The topological polar surface area (TPSA) is 41.7 Å². The minimum atomic E-state index is -0.326. The van der Waals surface area contributed by atoms with Gasteiger partial charge in [-0.2, -0.15) is 0 Å². The second-order valence-corrected chi connectivity index (χ2v) is 15.9. The molecular weight excluding hydrogens is 705 g/mol. The summed E-state index contributed by atoms with van der Waals surface area (Å²) in [6.45, 7) is 4.70. The van der Waals surface area contributed by atoms with Crippen molar-refractivity contribution in [3.63, 3.8) is 0 Å². The number of hydrogen-bond donors (Lipinski definition) is 1. The standard InChI is InChI=1S/C54H40N4/c1-54(2)47-27-14-12-25-43(47)45-33-46-44-26-13-15-28-49(44)58(50(46)34-48(45)54)42-24-16-23-38(32-42)52-55-51(37-21-10-5-11-22-37)56-53(57-52)41-30-39(35-17-6-3-7-18-35)29-40(31-41)36-19-8-4-9-20-36/h3-34,51H,1-2H3,(H,55,56,57). The number of aromatic nitrogens is 1. The molecule has 0 amide bonds. The molecule has 0 radical (unpaired) electrons. The van der Waals surface area contributed by atoms with E-state index in [1.165, 1.54) is 44.1 Å². The van der Waals surface area contributed by atoms with Gasteiger partial charge in [-0.15, -0.1) is 0 Å². The molecule has 9 aromatic rings. The van der Waals surface area contributed by atoms with E-state index >= 15 is 0 Å². The fourth-order valence-corrected chi connectivity index (χ4v) is 9.12. The van der Waals surface area contributed by atoms with E-state index in [9.17, 15) is 0 Å². The van der Waals surface area contributed by atoms with E-state index in [2.05, 4.69) is 212 Å². The highest BCUT2D eigenvalue weighted by atomic mass is 15.2. The van der Waals surface area contributed by atoms with Crippen molar-refractivity contribution in [1.82, 2.24) is 9.88 Å². The largest absolute Gasteiger partial charge is 0.344 e. The highest BCUT2D eigenvalue weighted by molar-refractivity contribution is 6.15. The van der Waals surface area contributed by atoms with E-state index in [1.54, 1.807) is 0 Å². The molecule has 0 saturated heterocycles. The van der Waals surface area contributed by atoms with Crippen LogP contribution in [0.3, 0.4) is 0 Å². The Morgan fingerprint density at radius 1 is 0.466 bits per heavy atom. The Balaban J connectivity index is 1.08. The van der Waals surface area contributed by atoms with E-state index in [-0.39, 0.29) is 11.6 Å². The number of hydrogen-bond acceptors (Lipinski definition) is 3. The Bertz CT molecular complexity index is 3040. The van der Waals surface area contributed by atoms with Crippen molar-refractivity contribution < 1.29 is 0 Å². The first kappa shape index (κ1) is 34.0. The molecule has 2 aliphatic rings. The third kappa shape index (κ3) is 5.60. The molecule has 0 saturated carbocycles. The molecule has 4 nitrogen and oxygen atoms in total. The molecule has 11 rings (SSSR count). The first-order valence-electron chi connectivity index (χ1n) is 20.0. The van der Waals surface area contributed by atoms with Gasteiger partial charge in [0.25, 0.3) is 0 Å². The summed E-state index contributed by atoms with van der Waals surface area (Å²) in [5.41, 5.74) is 16.3. The van der Waals surface area contributed by atoms with Crippen LogP contribution in [0.1, 0.15) is 47.8 Å². The van der Waals surface area contributed by atoms with Gasteiger partial charge >= 0.3 is 0 Å². The zero-order valence-electron chi connectivity index (χ0n) is 32.4. The molecule has 1 unspecified atom stereocenters. The third-order valence-electron chi connectivity index (χ3n) is 12.0. The quantitative estimate of drug-likeness (QED) is 0.181. The zero-order chi connectivity index (χ0) is 38.8. The number of nitrogens with zero attached hydrogens (tertiary/aromatic N) is 3. The maximum atomic E-state index is 5.35. The van der Waals surface area contributed by atoms with Crippen LogP contribution in [-0.2, 0) is 5.41 Å². The Labute approximate surface area is 338 Å². The van der Waals surface area contributed by atoms with E-state index in [0.717, 1.165) is 50.5 Å². The van der Waals surface area contributed by atoms with Crippen LogP contribution in [-0.4, -0.2) is 16.2 Å². The number of rotatable bonds is 6. The van der Waals surface area contributed by atoms with Crippen LogP contribution < -0.4 is 5.32 Å². The second kappa shape index (κ2) is 13.4. The van der Waals surface area contributed by atoms with Crippen LogP contribution in [0, 0.1) is 0 Å². The Kier molecular flexibility index (Phi) is 7.87. The first-order valence-corrected chi connectivity index (χ1v) is 20.0. The fourth-order valence-electron chi connectivity index (χ4n) is 9.12. The number of benzene rings is 8. The van der Waals surface area contributed by atoms with Crippen molar-refractivity contribution in [2.75, 3.05) is 0 Å². The number of aliphatic imine (C=N–C) groups is 2. The summed E-state index contributed by atoms with van der Waals surface area (Å²) in [5, 5.41) is 6.22. The van der Waals surface area contributed by atoms with Gasteiger partial charge in [-0.05, 0) is 98.6 Å². The molecule has 2 heterocycles. The van der Waals surface area contributed by atoms with Crippen molar-refractivity contribution >= 4 is 33.5 Å². The molecule has 8 aromatic carbocycles. The van der Waals surface area contributed by atoms with Gasteiger partial charge in [-0.25, -0.2) is 9.98 Å². The summed E-state index contributed by atoms with van der Waals surface area (Å²) >= 11 is 0. The Morgan fingerprint density at radius 3 is 1.83 bits per heavy atom. The summed E-state index contributed by atoms with van der Waals surface area (Å²) in [5.74, 6) is 1.47. The minimum Gasteiger partial charge on any atom is -0.344 e. The Hall–Kier alpha value is -7.30. The third-order valence-corrected chi connectivity index (χ3v) is 12.0. The molecule has 0 spiro atoms. The van der Waals surface area contributed by atoms with Gasteiger partial charge in [0.1, 0.15) is 12.0 Å². The lowest BCUT2D eigenvalue weighted by molar-refractivity contribution is 0.661. The molecular formula is C54H40N4. The van der Waals surface area contributed by atoms with Gasteiger partial charge in [0.05, 0.1) is 11.0 Å². The van der Waals surface area contributed by atoms with Crippen LogP contribution in [0.15, 0.2) is 204 Å². The van der Waals surface area contributed by atoms with Gasteiger partial charge in [0, 0.05) is 33.0 Å². The lowest BCUT2D eigenvalue weighted by Crippen LogP contribution is -2.33. The molecule has 1 aliphatic heterocycles. The van der Waals surface area contributed by atoms with Crippen LogP contribution in [0.25, 0.3) is 60.9 Å². The predicted octanol–water partition coefficient (Wildman–Crippen LogP) is 12.9. The molecule has 0 bridgehead atoms. The van der Waals surface area contributed by atoms with Gasteiger partial charge in [-0.3, -0.25) is 0 Å². The average Bonchev–Trinajstić information content (AvgIpc) is 3.73. The molecule has 58 heavy (non-hydrogen) atoms. The predicted molar refractivity (Wildman–Crippen MR) is 241 cm³/mol. The molecule has 1 N–H and O–H groups in total. The fraction of sp³-hybridized carbons (Fsp3) is 0.0741. The average molecular weight is 745 g/mol. The van der Waals surface area contributed by atoms with Crippen molar-refractivity contribution in [2.24, 2.45) is 9.98 Å². The summed E-state index contributed by atoms with van der Waals surface area (Å²) < 4.78 is 2.42. The van der Waals surface area contributed by atoms with Gasteiger partial charge < -0.3 is 9.88 Å². The summed E-state index contributed by atoms with van der Waals surface area (Å²) in [7, 11) is 0. The maximum Gasteiger partial charge on any atom is 0.159 e. The SMILES string of the molecule is CC1(C)c2ccccc2-c2cc3c4ccccc4n(-c4cccc(C5=NC(c6ccccc6)NC(c6cc(-c7ccccc7)cc(-c7ccccc7)c6)=N5)c4)c3cc21. The summed E-state index contributed by atoms with van der Waals surface area (Å²) in [4.78, 5) is 10.7. The molecule has 1 atom stereocenters. The number of nitrogens with one attached hydrogen (secondary N) is 1. The smallest absolute Gasteiger partial charge is 0.159 e. The van der Waals surface area contributed by atoms with Crippen molar-refractivity contribution in [3.8, 4) is 39.1 Å². The van der Waals surface area contributed by atoms with Crippen LogP contribution in [0.2, 0.25) is 0 Å². The summed E-state index contributed by atoms with van der Waals surface area (Å²) in [6, 6.07) is 69.6. The normalized spacial score (nSPS) is 15.4. The second-order valence-electron chi connectivity index (χ2n) is 15.9. The van der Waals surface area contributed by atoms with E-state index in [1.807, 2.05) is 6.07 Å². The molecule has 4 heteroatoms. The first-order chi connectivity index (χ1) is 28.5. The van der Waals surface area contributed by atoms with E-state index < -0.39 is 0 Å². The Morgan fingerprint density at radius 2 is 1.09 bits per heavy atom. The lowest BCUT2D eigenvalue weighted by atomic mass is 9.82. The summed E-state index contributed by atoms with van der Waals surface area (Å²) in [6.07, 6.45) is -0.326. The number of amidine groups is 2. The molecule has 0 fully saturated rings. The molecule has 1 aromatic heterocycles. The van der Waals surface area contributed by atoms with Crippen LogP contribution in [0.4, 0.5) is 0 Å². The van der Waals surface area contributed by atoms with Gasteiger partial charge in [0.2, 0.25) is 0 Å². The zero-order valence-corrected chi connectivity index (χ0v) is 32.4. The van der Waals surface area contributed by atoms with Crippen molar-refractivity contribution in [3.05, 3.63) is 222 Å². The van der Waals surface area contributed by atoms with Crippen molar-refractivity contribution in [1.29, 1.82) is 0 Å². The minimum absolute atomic E-state index is 0.108. The monoisotopic (exact) mass is 744 g/mol. The molecule has 276 valence electrons. The number of para-hydroxylation sites is 1. The van der Waals surface area contributed by atoms with Crippen molar-refractivity contribution in [2.45, 2.75) is 25.4 Å². The maximum absolute atomic E-state index is 5.35. The van der Waals surface area contributed by atoms with E-state index in [4.69, 9.17) is 9.98 Å².